The Labute approximate surface area is 147 Å². The number of hydrogen-bond donors (Lipinski definition) is 1. The van der Waals surface area contributed by atoms with Crippen LogP contribution in [0.1, 0.15) is 23.3 Å². The lowest BCUT2D eigenvalue weighted by Gasteiger charge is -2.34. The van der Waals surface area contributed by atoms with Gasteiger partial charge >= 0.3 is 0 Å². The largest absolute Gasteiger partial charge is 0.371 e. The lowest BCUT2D eigenvalue weighted by atomic mass is 10.0. The number of aromatic nitrogens is 1. The standard InChI is InChI=1S/C18H21N3O3S/c1-25(23,24)16-7-5-15(6-8-16)21-12-9-14(10-13-21)20-18(22)17-4-2-3-11-19-17/h2-8,11,14H,9-10,12-13H2,1H3,(H,20,22). The molecule has 1 amide bonds. The van der Waals surface area contributed by atoms with E-state index in [1.54, 1.807) is 36.5 Å². The summed E-state index contributed by atoms with van der Waals surface area (Å²) in [5.41, 5.74) is 1.43. The Morgan fingerprint density at radius 1 is 1.12 bits per heavy atom. The molecule has 0 aliphatic carbocycles. The van der Waals surface area contributed by atoms with E-state index in [0.29, 0.717) is 10.6 Å². The molecule has 132 valence electrons. The summed E-state index contributed by atoms with van der Waals surface area (Å²) in [7, 11) is -3.17. The molecule has 25 heavy (non-hydrogen) atoms. The van der Waals surface area contributed by atoms with Crippen LogP contribution in [0.25, 0.3) is 0 Å². The van der Waals surface area contributed by atoms with Gasteiger partial charge in [0.25, 0.3) is 5.91 Å². The predicted octanol–water partition coefficient (Wildman–Crippen LogP) is 1.88. The number of rotatable bonds is 4. The number of carbonyl (C=O) groups excluding carboxylic acids is 1. The molecule has 0 unspecified atom stereocenters. The van der Waals surface area contributed by atoms with Crippen molar-refractivity contribution < 1.29 is 13.2 Å². The molecule has 6 nitrogen and oxygen atoms in total. The van der Waals surface area contributed by atoms with Crippen molar-refractivity contribution >= 4 is 21.4 Å². The van der Waals surface area contributed by atoms with Crippen LogP contribution < -0.4 is 10.2 Å². The number of amides is 1. The first kappa shape index (κ1) is 17.4. The lowest BCUT2D eigenvalue weighted by molar-refractivity contribution is 0.0926. The van der Waals surface area contributed by atoms with Crippen LogP contribution in [-0.4, -0.2) is 44.7 Å². The monoisotopic (exact) mass is 359 g/mol. The number of benzene rings is 1. The number of piperidine rings is 1. The number of nitrogens with one attached hydrogen (secondary N) is 1. The van der Waals surface area contributed by atoms with Gasteiger partial charge in [-0.1, -0.05) is 6.07 Å². The van der Waals surface area contributed by atoms with Crippen LogP contribution in [0, 0.1) is 0 Å². The molecule has 1 fully saturated rings. The van der Waals surface area contributed by atoms with Crippen molar-refractivity contribution in [2.75, 3.05) is 24.2 Å². The van der Waals surface area contributed by atoms with Crippen molar-refractivity contribution in [3.63, 3.8) is 0 Å². The van der Waals surface area contributed by atoms with Gasteiger partial charge in [0, 0.05) is 37.3 Å². The molecule has 1 aliphatic heterocycles. The van der Waals surface area contributed by atoms with Gasteiger partial charge in [-0.05, 0) is 49.2 Å². The Hall–Kier alpha value is -2.41. The van der Waals surface area contributed by atoms with Crippen LogP contribution in [0.15, 0.2) is 53.6 Å². The highest BCUT2D eigenvalue weighted by Crippen LogP contribution is 2.22. The summed E-state index contributed by atoms with van der Waals surface area (Å²) in [6.07, 6.45) is 4.49. The fraction of sp³-hybridized carbons (Fsp3) is 0.333. The summed E-state index contributed by atoms with van der Waals surface area (Å²) in [5, 5.41) is 3.03. The Kier molecular flexibility index (Phi) is 5.03. The second-order valence-electron chi connectivity index (χ2n) is 6.22. The summed E-state index contributed by atoms with van der Waals surface area (Å²) < 4.78 is 23.0. The van der Waals surface area contributed by atoms with Gasteiger partial charge in [-0.15, -0.1) is 0 Å². The number of carbonyl (C=O) groups is 1. The second-order valence-corrected chi connectivity index (χ2v) is 8.23. The van der Waals surface area contributed by atoms with Crippen molar-refractivity contribution in [1.82, 2.24) is 10.3 Å². The smallest absolute Gasteiger partial charge is 0.270 e. The van der Waals surface area contributed by atoms with Crippen LogP contribution in [0.5, 0.6) is 0 Å². The third-order valence-electron chi connectivity index (χ3n) is 4.36. The number of sulfone groups is 1. The lowest BCUT2D eigenvalue weighted by Crippen LogP contribution is -2.44. The van der Waals surface area contributed by atoms with Crippen molar-refractivity contribution in [3.8, 4) is 0 Å². The summed E-state index contributed by atoms with van der Waals surface area (Å²) in [5.74, 6) is -0.142. The topological polar surface area (TPSA) is 79.4 Å². The highest BCUT2D eigenvalue weighted by atomic mass is 32.2. The molecule has 2 aromatic rings. The molecule has 0 radical (unpaired) electrons. The van der Waals surface area contributed by atoms with Crippen molar-refractivity contribution in [3.05, 3.63) is 54.4 Å². The van der Waals surface area contributed by atoms with Crippen molar-refractivity contribution in [1.29, 1.82) is 0 Å². The van der Waals surface area contributed by atoms with E-state index in [2.05, 4.69) is 15.2 Å². The summed E-state index contributed by atoms with van der Waals surface area (Å²) in [4.78, 5) is 18.7. The zero-order valence-corrected chi connectivity index (χ0v) is 14.9. The first-order valence-corrected chi connectivity index (χ1v) is 10.1. The summed E-state index contributed by atoms with van der Waals surface area (Å²) in [6.45, 7) is 1.62. The van der Waals surface area contributed by atoms with E-state index < -0.39 is 9.84 Å². The minimum atomic E-state index is -3.17. The summed E-state index contributed by atoms with van der Waals surface area (Å²) >= 11 is 0. The Balaban J connectivity index is 1.56. The number of anilines is 1. The third-order valence-corrected chi connectivity index (χ3v) is 5.49. The zero-order chi connectivity index (χ0) is 17.9. The number of hydrogen-bond acceptors (Lipinski definition) is 5. The Morgan fingerprint density at radius 3 is 2.36 bits per heavy atom. The van der Waals surface area contributed by atoms with Gasteiger partial charge in [0.1, 0.15) is 5.69 Å². The number of nitrogens with zero attached hydrogens (tertiary/aromatic N) is 2. The molecule has 1 aliphatic rings. The van der Waals surface area contributed by atoms with Crippen LogP contribution in [0.4, 0.5) is 5.69 Å². The molecule has 2 heterocycles. The van der Waals surface area contributed by atoms with E-state index in [1.807, 2.05) is 12.1 Å². The minimum absolute atomic E-state index is 0.126. The van der Waals surface area contributed by atoms with Crippen molar-refractivity contribution in [2.24, 2.45) is 0 Å². The van der Waals surface area contributed by atoms with E-state index in [4.69, 9.17) is 0 Å². The average molecular weight is 359 g/mol. The zero-order valence-electron chi connectivity index (χ0n) is 14.1. The van der Waals surface area contributed by atoms with Crippen molar-refractivity contribution in [2.45, 2.75) is 23.8 Å². The molecule has 0 bridgehead atoms. The first-order valence-electron chi connectivity index (χ1n) is 8.20. The highest BCUT2D eigenvalue weighted by molar-refractivity contribution is 7.90. The third kappa shape index (κ3) is 4.36. The van der Waals surface area contributed by atoms with E-state index in [9.17, 15) is 13.2 Å². The molecule has 1 aromatic heterocycles. The van der Waals surface area contributed by atoms with Gasteiger partial charge in [-0.3, -0.25) is 9.78 Å². The molecular weight excluding hydrogens is 338 g/mol. The van der Waals surface area contributed by atoms with Crippen LogP contribution in [0.2, 0.25) is 0 Å². The number of pyridine rings is 1. The molecule has 1 saturated heterocycles. The normalized spacial score (nSPS) is 15.8. The first-order chi connectivity index (χ1) is 11.9. The van der Waals surface area contributed by atoms with E-state index >= 15 is 0 Å². The Bertz CT molecular complexity index is 828. The molecule has 7 heteroatoms. The van der Waals surface area contributed by atoms with Gasteiger partial charge in [0.2, 0.25) is 0 Å². The quantitative estimate of drug-likeness (QED) is 0.902. The van der Waals surface area contributed by atoms with Crippen LogP contribution >= 0.6 is 0 Å². The van der Waals surface area contributed by atoms with Gasteiger partial charge in [0.05, 0.1) is 4.90 Å². The fourth-order valence-corrected chi connectivity index (χ4v) is 3.57. The SMILES string of the molecule is CS(=O)(=O)c1ccc(N2CCC(NC(=O)c3ccccn3)CC2)cc1. The van der Waals surface area contributed by atoms with Crippen LogP contribution in [-0.2, 0) is 9.84 Å². The average Bonchev–Trinajstić information content (AvgIpc) is 2.62. The van der Waals surface area contributed by atoms with Gasteiger partial charge < -0.3 is 10.2 Å². The van der Waals surface area contributed by atoms with E-state index in [1.165, 1.54) is 6.26 Å². The highest BCUT2D eigenvalue weighted by Gasteiger charge is 2.22. The molecule has 1 N–H and O–H groups in total. The molecule has 0 saturated carbocycles. The maximum Gasteiger partial charge on any atom is 0.270 e. The van der Waals surface area contributed by atoms with E-state index in [-0.39, 0.29) is 11.9 Å². The molecule has 1 aromatic carbocycles. The molecule has 3 rings (SSSR count). The molecule has 0 spiro atoms. The predicted molar refractivity (Wildman–Crippen MR) is 96.5 cm³/mol. The second kappa shape index (κ2) is 7.23. The fourth-order valence-electron chi connectivity index (χ4n) is 2.94. The Morgan fingerprint density at radius 2 is 1.80 bits per heavy atom. The van der Waals surface area contributed by atoms with Gasteiger partial charge in [-0.2, -0.15) is 0 Å². The maximum absolute atomic E-state index is 12.2. The van der Waals surface area contributed by atoms with Crippen LogP contribution in [0.3, 0.4) is 0 Å². The van der Waals surface area contributed by atoms with E-state index in [0.717, 1.165) is 31.6 Å². The minimum Gasteiger partial charge on any atom is -0.371 e. The van der Waals surface area contributed by atoms with Gasteiger partial charge in [-0.25, -0.2) is 8.42 Å². The molecule has 0 atom stereocenters. The van der Waals surface area contributed by atoms with Gasteiger partial charge in [0.15, 0.2) is 9.84 Å². The molecular formula is C18H21N3O3S. The maximum atomic E-state index is 12.2. The summed E-state index contributed by atoms with van der Waals surface area (Å²) in [6, 6.07) is 12.4.